The minimum absolute atomic E-state index is 0.147. The molecule has 202 valence electrons. The summed E-state index contributed by atoms with van der Waals surface area (Å²) in [7, 11) is 0. The van der Waals surface area contributed by atoms with Crippen molar-refractivity contribution in [2.75, 3.05) is 5.32 Å². The van der Waals surface area contributed by atoms with E-state index < -0.39 is 23.2 Å². The maximum atomic E-state index is 13.9. The number of nitrogens with one attached hydrogen (secondary N) is 2. The zero-order valence-corrected chi connectivity index (χ0v) is 22.9. The molecule has 1 saturated carbocycles. The fourth-order valence-electron chi connectivity index (χ4n) is 5.21. The smallest absolute Gasteiger partial charge is 0.408 e. The number of amides is 3. The topological polar surface area (TPSA) is 117 Å². The number of carboxylic acid groups (broad SMARTS) is 1. The van der Waals surface area contributed by atoms with Gasteiger partial charge in [-0.3, -0.25) is 14.3 Å². The van der Waals surface area contributed by atoms with Crippen molar-refractivity contribution < 1.29 is 14.7 Å². The second-order valence-electron chi connectivity index (χ2n) is 10.7. The molecular formula is C28H34ClN5O4. The molecule has 0 bridgehead atoms. The Morgan fingerprint density at radius 3 is 2.47 bits per heavy atom. The summed E-state index contributed by atoms with van der Waals surface area (Å²) in [6, 6.07) is 10.9. The van der Waals surface area contributed by atoms with Crippen LogP contribution >= 0.6 is 11.6 Å². The number of anilines is 1. The number of rotatable bonds is 5. The summed E-state index contributed by atoms with van der Waals surface area (Å²) in [5.41, 5.74) is 0.108. The molecule has 0 radical (unpaired) electrons. The van der Waals surface area contributed by atoms with Gasteiger partial charge in [-0.15, -0.1) is 0 Å². The van der Waals surface area contributed by atoms with Gasteiger partial charge >= 0.3 is 12.1 Å². The van der Waals surface area contributed by atoms with Crippen molar-refractivity contribution in [3.63, 3.8) is 0 Å². The van der Waals surface area contributed by atoms with Crippen molar-refractivity contribution >= 4 is 40.3 Å². The first kappa shape index (κ1) is 27.4. The van der Waals surface area contributed by atoms with Crippen molar-refractivity contribution in [3.8, 4) is 5.69 Å². The molecule has 38 heavy (non-hydrogen) atoms. The lowest BCUT2D eigenvalue weighted by atomic mass is 9.96. The van der Waals surface area contributed by atoms with Gasteiger partial charge in [0.1, 0.15) is 5.82 Å². The molecule has 4 rings (SSSR count). The summed E-state index contributed by atoms with van der Waals surface area (Å²) in [6.07, 6.45) is 4.18. The van der Waals surface area contributed by atoms with Crippen LogP contribution in [0.25, 0.3) is 16.6 Å². The Bertz CT molecular complexity index is 1410. The number of hydrogen-bond acceptors (Lipinski definition) is 4. The van der Waals surface area contributed by atoms with Crippen molar-refractivity contribution in [1.82, 2.24) is 19.8 Å². The van der Waals surface area contributed by atoms with Gasteiger partial charge in [0.25, 0.3) is 5.56 Å². The molecule has 3 amide bonds. The van der Waals surface area contributed by atoms with Crippen LogP contribution in [0, 0.1) is 0 Å². The Hall–Kier alpha value is -3.59. The summed E-state index contributed by atoms with van der Waals surface area (Å²) in [4.78, 5) is 44.8. The van der Waals surface area contributed by atoms with Crippen LogP contribution < -0.4 is 16.2 Å². The maximum Gasteiger partial charge on any atom is 0.408 e. The van der Waals surface area contributed by atoms with Crippen LogP contribution in [0.5, 0.6) is 0 Å². The number of carbonyl (C=O) groups is 2. The van der Waals surface area contributed by atoms with E-state index in [1.54, 1.807) is 70.2 Å². The molecule has 1 aliphatic rings. The molecular weight excluding hydrogens is 506 g/mol. The Balaban J connectivity index is 1.80. The molecule has 1 aliphatic carbocycles. The Morgan fingerprint density at radius 1 is 1.13 bits per heavy atom. The van der Waals surface area contributed by atoms with Gasteiger partial charge in [0.15, 0.2) is 0 Å². The molecule has 1 fully saturated rings. The molecule has 0 aliphatic heterocycles. The molecule has 0 spiro atoms. The van der Waals surface area contributed by atoms with Crippen LogP contribution in [0.1, 0.15) is 71.7 Å². The predicted molar refractivity (Wildman–Crippen MR) is 149 cm³/mol. The van der Waals surface area contributed by atoms with Crippen LogP contribution in [0.3, 0.4) is 0 Å². The fraction of sp³-hybridized carbons (Fsp3) is 0.429. The van der Waals surface area contributed by atoms with Crippen LogP contribution in [0.2, 0.25) is 5.02 Å². The SMILES string of the molecule is CC(c1nc2cccc(Cl)c2c(=O)n1-c1cccc(NC(=O)NC2CCCCC2)c1)N(C(=O)O)C(C)(C)C. The summed E-state index contributed by atoms with van der Waals surface area (Å²) >= 11 is 6.41. The molecule has 1 heterocycles. The summed E-state index contributed by atoms with van der Waals surface area (Å²) < 4.78 is 1.38. The quantitative estimate of drug-likeness (QED) is 0.350. The van der Waals surface area contributed by atoms with Gasteiger partial charge in [-0.2, -0.15) is 0 Å². The van der Waals surface area contributed by atoms with Crippen LogP contribution in [0.4, 0.5) is 15.3 Å². The lowest BCUT2D eigenvalue weighted by Gasteiger charge is -2.38. The van der Waals surface area contributed by atoms with Gasteiger partial charge in [-0.05, 0) is 70.9 Å². The number of benzene rings is 2. The van der Waals surface area contributed by atoms with E-state index >= 15 is 0 Å². The highest BCUT2D eigenvalue weighted by Crippen LogP contribution is 2.30. The third-order valence-electron chi connectivity index (χ3n) is 6.87. The number of nitrogens with zero attached hydrogens (tertiary/aromatic N) is 3. The largest absolute Gasteiger partial charge is 0.465 e. The Kier molecular flexibility index (Phi) is 7.97. The van der Waals surface area contributed by atoms with Crippen LogP contribution in [0.15, 0.2) is 47.3 Å². The summed E-state index contributed by atoms with van der Waals surface area (Å²) in [5, 5.41) is 16.4. The zero-order valence-electron chi connectivity index (χ0n) is 22.1. The van der Waals surface area contributed by atoms with Crippen molar-refractivity contribution in [1.29, 1.82) is 0 Å². The molecule has 3 aromatic rings. The predicted octanol–water partition coefficient (Wildman–Crippen LogP) is 6.33. The zero-order chi connectivity index (χ0) is 27.6. The average molecular weight is 540 g/mol. The number of urea groups is 1. The molecule has 1 atom stereocenters. The molecule has 3 N–H and O–H groups in total. The molecule has 0 saturated heterocycles. The molecule has 9 nitrogen and oxygen atoms in total. The van der Waals surface area contributed by atoms with Gasteiger partial charge in [0, 0.05) is 17.3 Å². The monoisotopic (exact) mass is 539 g/mol. The number of hydrogen-bond donors (Lipinski definition) is 3. The minimum atomic E-state index is -1.13. The van der Waals surface area contributed by atoms with Gasteiger partial charge in [0.05, 0.1) is 27.7 Å². The van der Waals surface area contributed by atoms with Gasteiger partial charge in [-0.1, -0.05) is 43.0 Å². The molecule has 1 unspecified atom stereocenters. The second-order valence-corrected chi connectivity index (χ2v) is 11.1. The van der Waals surface area contributed by atoms with E-state index in [-0.39, 0.29) is 28.3 Å². The van der Waals surface area contributed by atoms with E-state index in [1.165, 1.54) is 15.9 Å². The van der Waals surface area contributed by atoms with Crippen molar-refractivity contribution in [2.24, 2.45) is 0 Å². The van der Waals surface area contributed by atoms with Crippen molar-refractivity contribution in [2.45, 2.75) is 77.4 Å². The number of aromatic nitrogens is 2. The maximum absolute atomic E-state index is 13.9. The lowest BCUT2D eigenvalue weighted by Crippen LogP contribution is -2.47. The highest BCUT2D eigenvalue weighted by molar-refractivity contribution is 6.35. The van der Waals surface area contributed by atoms with E-state index in [9.17, 15) is 19.5 Å². The summed E-state index contributed by atoms with van der Waals surface area (Å²) in [5.74, 6) is 0.242. The number of halogens is 1. The Labute approximate surface area is 226 Å². The van der Waals surface area contributed by atoms with E-state index in [2.05, 4.69) is 10.6 Å². The third kappa shape index (κ3) is 5.78. The standard InChI is InChI=1S/C28H34ClN5O4/c1-17(34(27(37)38)28(2,3)4)24-32-22-15-9-14-21(29)23(22)25(35)33(24)20-13-8-12-19(16-20)31-26(36)30-18-10-6-5-7-11-18/h8-9,12-18H,5-7,10-11H2,1-4H3,(H,37,38)(H2,30,31,36). The summed E-state index contributed by atoms with van der Waals surface area (Å²) in [6.45, 7) is 7.06. The van der Waals surface area contributed by atoms with Gasteiger partial charge in [-0.25, -0.2) is 14.6 Å². The first-order chi connectivity index (χ1) is 18.0. The fourth-order valence-corrected chi connectivity index (χ4v) is 5.46. The first-order valence-electron chi connectivity index (χ1n) is 12.9. The van der Waals surface area contributed by atoms with E-state index in [1.807, 2.05) is 0 Å². The molecule has 10 heteroatoms. The lowest BCUT2D eigenvalue weighted by molar-refractivity contribution is 0.0719. The molecule has 2 aromatic carbocycles. The van der Waals surface area contributed by atoms with Crippen LogP contribution in [-0.2, 0) is 0 Å². The third-order valence-corrected chi connectivity index (χ3v) is 7.18. The number of carbonyl (C=O) groups excluding carboxylic acids is 1. The van der Waals surface area contributed by atoms with E-state index in [0.29, 0.717) is 16.9 Å². The first-order valence-corrected chi connectivity index (χ1v) is 13.3. The molecule has 1 aromatic heterocycles. The van der Waals surface area contributed by atoms with Gasteiger partial charge in [0.2, 0.25) is 0 Å². The second kappa shape index (κ2) is 11.0. The van der Waals surface area contributed by atoms with E-state index in [4.69, 9.17) is 16.6 Å². The average Bonchev–Trinajstić information content (AvgIpc) is 2.83. The Morgan fingerprint density at radius 2 is 1.82 bits per heavy atom. The normalized spacial score (nSPS) is 15.2. The highest BCUT2D eigenvalue weighted by atomic mass is 35.5. The van der Waals surface area contributed by atoms with Crippen LogP contribution in [-0.4, -0.2) is 43.3 Å². The van der Waals surface area contributed by atoms with E-state index in [0.717, 1.165) is 25.7 Å². The van der Waals surface area contributed by atoms with Crippen molar-refractivity contribution in [3.05, 3.63) is 63.7 Å². The highest BCUT2D eigenvalue weighted by Gasteiger charge is 2.34. The number of fused-ring (bicyclic) bond motifs is 1. The van der Waals surface area contributed by atoms with Gasteiger partial charge < -0.3 is 15.7 Å². The minimum Gasteiger partial charge on any atom is -0.465 e.